The molecule has 0 spiro atoms. The van der Waals surface area contributed by atoms with E-state index in [9.17, 15) is 14.9 Å². The fourth-order valence-electron chi connectivity index (χ4n) is 4.05. The summed E-state index contributed by atoms with van der Waals surface area (Å²) in [5.74, 6) is 0.822. The summed E-state index contributed by atoms with van der Waals surface area (Å²) < 4.78 is 8.65. The van der Waals surface area contributed by atoms with Crippen molar-refractivity contribution in [2.45, 2.75) is 33.6 Å². The Morgan fingerprint density at radius 3 is 2.53 bits per heavy atom. The van der Waals surface area contributed by atoms with E-state index in [0.29, 0.717) is 29.5 Å². The van der Waals surface area contributed by atoms with Crippen LogP contribution in [0.15, 0.2) is 30.3 Å². The molecule has 0 atom stereocenters. The Morgan fingerprint density at radius 2 is 1.88 bits per heavy atom. The molecule has 0 aliphatic heterocycles. The molecule has 0 bridgehead atoms. The van der Waals surface area contributed by atoms with Gasteiger partial charge in [-0.25, -0.2) is 14.3 Å². The van der Waals surface area contributed by atoms with E-state index in [1.165, 1.54) is 12.1 Å². The molecular weight excluding hydrogens is 438 g/mol. The minimum atomic E-state index is -0.460. The standard InChI is InChI=1S/C23H25N7O4/c1-13-12-19(29(26-13)16-6-8-17(9-7-16)30(32)33)25-20(31)11-10-18-14(2)21-22(24-15(18)3)28(4)27-23(21)34-5/h6-9,12H,10-11H2,1-5H3,(H,25,31). The van der Waals surface area contributed by atoms with Crippen molar-refractivity contribution >= 4 is 28.4 Å². The summed E-state index contributed by atoms with van der Waals surface area (Å²) in [7, 11) is 3.39. The lowest BCUT2D eigenvalue weighted by molar-refractivity contribution is -0.384. The van der Waals surface area contributed by atoms with Crippen LogP contribution in [0.25, 0.3) is 16.7 Å². The highest BCUT2D eigenvalue weighted by atomic mass is 16.6. The molecule has 0 saturated carbocycles. The van der Waals surface area contributed by atoms with Crippen LogP contribution in [0.1, 0.15) is 28.9 Å². The van der Waals surface area contributed by atoms with Gasteiger partial charge in [0.2, 0.25) is 11.8 Å². The minimum absolute atomic E-state index is 0.0141. The van der Waals surface area contributed by atoms with E-state index in [1.807, 2.05) is 27.8 Å². The van der Waals surface area contributed by atoms with Crippen molar-refractivity contribution in [2.24, 2.45) is 7.05 Å². The number of ether oxygens (including phenoxy) is 1. The Balaban J connectivity index is 1.53. The van der Waals surface area contributed by atoms with E-state index in [2.05, 4.69) is 20.5 Å². The number of hydrogen-bond donors (Lipinski definition) is 1. The van der Waals surface area contributed by atoms with Gasteiger partial charge in [0.05, 0.1) is 28.8 Å². The maximum absolute atomic E-state index is 12.8. The van der Waals surface area contributed by atoms with Crippen LogP contribution in [0.5, 0.6) is 5.88 Å². The number of non-ortho nitro benzene ring substituents is 1. The first-order valence-electron chi connectivity index (χ1n) is 10.7. The summed E-state index contributed by atoms with van der Waals surface area (Å²) in [6, 6.07) is 7.74. The molecule has 0 fully saturated rings. The van der Waals surface area contributed by atoms with Crippen molar-refractivity contribution < 1.29 is 14.5 Å². The minimum Gasteiger partial charge on any atom is -0.479 e. The lowest BCUT2D eigenvalue weighted by Gasteiger charge is -2.12. The molecule has 1 amide bonds. The van der Waals surface area contributed by atoms with Gasteiger partial charge in [0.15, 0.2) is 5.65 Å². The highest BCUT2D eigenvalue weighted by molar-refractivity contribution is 5.91. The van der Waals surface area contributed by atoms with Gasteiger partial charge in [-0.05, 0) is 50.5 Å². The van der Waals surface area contributed by atoms with Gasteiger partial charge in [0, 0.05) is 37.4 Å². The molecule has 3 aromatic heterocycles. The summed E-state index contributed by atoms with van der Waals surface area (Å²) in [6.45, 7) is 5.72. The van der Waals surface area contributed by atoms with Crippen LogP contribution in [0, 0.1) is 30.9 Å². The van der Waals surface area contributed by atoms with Crippen molar-refractivity contribution in [2.75, 3.05) is 12.4 Å². The average Bonchev–Trinajstić information content (AvgIpc) is 3.32. The second kappa shape index (κ2) is 8.93. The third kappa shape index (κ3) is 4.19. The van der Waals surface area contributed by atoms with Crippen molar-refractivity contribution in [3.63, 3.8) is 0 Å². The van der Waals surface area contributed by atoms with Crippen LogP contribution in [0.4, 0.5) is 11.5 Å². The van der Waals surface area contributed by atoms with Crippen molar-refractivity contribution in [1.29, 1.82) is 0 Å². The van der Waals surface area contributed by atoms with Crippen molar-refractivity contribution in [1.82, 2.24) is 24.5 Å². The molecule has 11 nitrogen and oxygen atoms in total. The summed E-state index contributed by atoms with van der Waals surface area (Å²) >= 11 is 0. The molecule has 3 heterocycles. The Bertz CT molecular complexity index is 1400. The number of nitro benzene ring substituents is 1. The van der Waals surface area contributed by atoms with Gasteiger partial charge in [0.25, 0.3) is 5.69 Å². The van der Waals surface area contributed by atoms with Crippen molar-refractivity contribution in [3.8, 4) is 11.6 Å². The highest BCUT2D eigenvalue weighted by Crippen LogP contribution is 2.30. The molecule has 0 radical (unpaired) electrons. The monoisotopic (exact) mass is 463 g/mol. The Hall–Kier alpha value is -4.28. The summed E-state index contributed by atoms with van der Waals surface area (Å²) in [4.78, 5) is 28.0. The lowest BCUT2D eigenvalue weighted by atomic mass is 10.00. The van der Waals surface area contributed by atoms with Crippen LogP contribution in [0.2, 0.25) is 0 Å². The maximum atomic E-state index is 12.8. The van der Waals surface area contributed by atoms with E-state index in [0.717, 1.165) is 27.9 Å². The predicted octanol–water partition coefficient (Wildman–Crippen LogP) is 3.57. The number of rotatable bonds is 7. The molecule has 1 N–H and O–H groups in total. The molecule has 0 unspecified atom stereocenters. The van der Waals surface area contributed by atoms with E-state index in [-0.39, 0.29) is 18.0 Å². The third-order valence-electron chi connectivity index (χ3n) is 5.72. The first-order chi connectivity index (χ1) is 16.2. The Labute approximate surface area is 195 Å². The lowest BCUT2D eigenvalue weighted by Crippen LogP contribution is -2.16. The molecule has 34 heavy (non-hydrogen) atoms. The van der Waals surface area contributed by atoms with Crippen LogP contribution in [-0.4, -0.2) is 42.5 Å². The van der Waals surface area contributed by atoms with Gasteiger partial charge in [-0.1, -0.05) is 0 Å². The molecule has 4 rings (SSSR count). The van der Waals surface area contributed by atoms with E-state index < -0.39 is 4.92 Å². The number of aryl methyl sites for hydroxylation is 4. The second-order valence-corrected chi connectivity index (χ2v) is 8.04. The molecule has 0 saturated heterocycles. The number of pyridine rings is 1. The van der Waals surface area contributed by atoms with E-state index >= 15 is 0 Å². The number of amides is 1. The number of nitrogens with one attached hydrogen (secondary N) is 1. The number of methoxy groups -OCH3 is 1. The van der Waals surface area contributed by atoms with Gasteiger partial charge < -0.3 is 10.1 Å². The fourth-order valence-corrected chi connectivity index (χ4v) is 4.05. The van der Waals surface area contributed by atoms with Crippen LogP contribution < -0.4 is 10.1 Å². The smallest absolute Gasteiger partial charge is 0.269 e. The number of carbonyl (C=O) groups excluding carboxylic acids is 1. The highest BCUT2D eigenvalue weighted by Gasteiger charge is 2.19. The number of aromatic nitrogens is 5. The van der Waals surface area contributed by atoms with Gasteiger partial charge in [-0.2, -0.15) is 5.10 Å². The summed E-state index contributed by atoms with van der Waals surface area (Å²) in [5, 5.41) is 23.4. The molecule has 0 aliphatic carbocycles. The van der Waals surface area contributed by atoms with Gasteiger partial charge >= 0.3 is 0 Å². The van der Waals surface area contributed by atoms with Gasteiger partial charge in [0.1, 0.15) is 5.82 Å². The number of benzene rings is 1. The average molecular weight is 463 g/mol. The zero-order valence-corrected chi connectivity index (χ0v) is 19.6. The van der Waals surface area contributed by atoms with Crippen LogP contribution in [0.3, 0.4) is 0 Å². The second-order valence-electron chi connectivity index (χ2n) is 8.04. The number of nitro groups is 1. The van der Waals surface area contributed by atoms with E-state index in [1.54, 1.807) is 34.7 Å². The Kier molecular flexibility index (Phi) is 6.01. The number of carbonyl (C=O) groups is 1. The normalized spacial score (nSPS) is 11.1. The van der Waals surface area contributed by atoms with E-state index in [4.69, 9.17) is 4.74 Å². The fraction of sp³-hybridized carbons (Fsp3) is 0.304. The number of fused-ring (bicyclic) bond motifs is 1. The number of nitrogens with zero attached hydrogens (tertiary/aromatic N) is 6. The topological polar surface area (TPSA) is 130 Å². The van der Waals surface area contributed by atoms with Gasteiger partial charge in [-0.3, -0.25) is 14.9 Å². The quantitative estimate of drug-likeness (QED) is 0.327. The number of hydrogen-bond acceptors (Lipinski definition) is 7. The first kappa shape index (κ1) is 22.9. The maximum Gasteiger partial charge on any atom is 0.269 e. The van der Waals surface area contributed by atoms with Crippen molar-refractivity contribution in [3.05, 3.63) is 63.0 Å². The largest absolute Gasteiger partial charge is 0.479 e. The number of anilines is 1. The predicted molar refractivity (Wildman–Crippen MR) is 126 cm³/mol. The third-order valence-corrected chi connectivity index (χ3v) is 5.72. The summed E-state index contributed by atoms with van der Waals surface area (Å²) in [5.41, 5.74) is 4.86. The molecule has 176 valence electrons. The zero-order valence-electron chi connectivity index (χ0n) is 19.6. The molecule has 1 aromatic carbocycles. The zero-order chi connectivity index (χ0) is 24.6. The Morgan fingerprint density at radius 1 is 1.18 bits per heavy atom. The molecule has 11 heteroatoms. The van der Waals surface area contributed by atoms with Gasteiger partial charge in [-0.15, -0.1) is 5.10 Å². The van der Waals surface area contributed by atoms with Crippen LogP contribution >= 0.6 is 0 Å². The molecule has 0 aliphatic rings. The molecular formula is C23H25N7O4. The first-order valence-corrected chi connectivity index (χ1v) is 10.7. The molecule has 4 aromatic rings. The summed E-state index contributed by atoms with van der Waals surface area (Å²) in [6.07, 6.45) is 0.733. The van der Waals surface area contributed by atoms with Crippen LogP contribution in [-0.2, 0) is 18.3 Å². The SMILES string of the molecule is COc1nn(C)c2nc(C)c(CCC(=O)Nc3cc(C)nn3-c3ccc([N+](=O)[O-])cc3)c(C)c12.